The summed E-state index contributed by atoms with van der Waals surface area (Å²) < 4.78 is 7.56. The van der Waals surface area contributed by atoms with Crippen LogP contribution in [-0.2, 0) is 17.8 Å². The van der Waals surface area contributed by atoms with Gasteiger partial charge >= 0.3 is 0 Å². The number of para-hydroxylation sites is 1. The van der Waals surface area contributed by atoms with E-state index in [1.54, 1.807) is 21.6 Å². The van der Waals surface area contributed by atoms with Crippen molar-refractivity contribution < 1.29 is 14.3 Å². The SMILES string of the molecule is CC=CC(=O)N1CCc2[nH]c3c(C(N)=O)c(-c4ccc(Oc5ccccc5)cc4)nn3c2C1. The Morgan fingerprint density at radius 2 is 1.82 bits per heavy atom. The van der Waals surface area contributed by atoms with E-state index < -0.39 is 5.91 Å². The maximum absolute atomic E-state index is 12.4. The third-order valence-corrected chi connectivity index (χ3v) is 5.71. The zero-order chi connectivity index (χ0) is 22.9. The molecule has 1 aliphatic rings. The summed E-state index contributed by atoms with van der Waals surface area (Å²) >= 11 is 0. The first-order valence-corrected chi connectivity index (χ1v) is 10.7. The molecular formula is C25H23N5O3. The number of hydrogen-bond donors (Lipinski definition) is 2. The molecular weight excluding hydrogens is 418 g/mol. The summed E-state index contributed by atoms with van der Waals surface area (Å²) in [5.41, 5.74) is 9.68. The average molecular weight is 441 g/mol. The molecule has 1 aliphatic heterocycles. The number of imidazole rings is 1. The summed E-state index contributed by atoms with van der Waals surface area (Å²) in [7, 11) is 0. The summed E-state index contributed by atoms with van der Waals surface area (Å²) in [6.07, 6.45) is 3.94. The number of fused-ring (bicyclic) bond motifs is 3. The third kappa shape index (κ3) is 3.76. The van der Waals surface area contributed by atoms with Gasteiger partial charge in [-0.15, -0.1) is 0 Å². The number of ether oxygens (including phenoxy) is 1. The average Bonchev–Trinajstić information content (AvgIpc) is 3.36. The van der Waals surface area contributed by atoms with E-state index in [0.29, 0.717) is 42.2 Å². The molecule has 0 atom stereocenters. The summed E-state index contributed by atoms with van der Waals surface area (Å²) in [5.74, 6) is 0.798. The predicted octanol–water partition coefficient (Wildman–Crippen LogP) is 3.68. The molecule has 0 unspecified atom stereocenters. The van der Waals surface area contributed by atoms with Crippen LogP contribution in [0.1, 0.15) is 28.7 Å². The van der Waals surface area contributed by atoms with Crippen molar-refractivity contribution in [2.75, 3.05) is 6.54 Å². The first-order chi connectivity index (χ1) is 16.0. The van der Waals surface area contributed by atoms with Gasteiger partial charge < -0.3 is 20.4 Å². The Balaban J connectivity index is 1.51. The van der Waals surface area contributed by atoms with E-state index in [0.717, 1.165) is 22.7 Å². The van der Waals surface area contributed by atoms with Crippen LogP contribution >= 0.6 is 0 Å². The predicted molar refractivity (Wildman–Crippen MR) is 124 cm³/mol. The lowest BCUT2D eigenvalue weighted by Gasteiger charge is -2.25. The second kappa shape index (κ2) is 8.31. The van der Waals surface area contributed by atoms with Gasteiger partial charge in [0, 0.05) is 24.2 Å². The van der Waals surface area contributed by atoms with Crippen LogP contribution in [-0.4, -0.2) is 37.9 Å². The highest BCUT2D eigenvalue weighted by Gasteiger charge is 2.28. The molecule has 0 spiro atoms. The number of aromatic nitrogens is 3. The third-order valence-electron chi connectivity index (χ3n) is 5.71. The minimum Gasteiger partial charge on any atom is -0.457 e. The monoisotopic (exact) mass is 441 g/mol. The van der Waals surface area contributed by atoms with Crippen LogP contribution in [0.4, 0.5) is 0 Å². The second-order valence-electron chi connectivity index (χ2n) is 7.85. The van der Waals surface area contributed by atoms with E-state index in [1.165, 1.54) is 0 Å². The van der Waals surface area contributed by atoms with E-state index in [2.05, 4.69) is 4.98 Å². The molecule has 2 aromatic heterocycles. The number of primary amides is 1. The number of carbonyl (C=O) groups is 2. The molecule has 0 aliphatic carbocycles. The van der Waals surface area contributed by atoms with Crippen molar-refractivity contribution in [3.63, 3.8) is 0 Å². The highest BCUT2D eigenvalue weighted by Crippen LogP contribution is 2.31. The summed E-state index contributed by atoms with van der Waals surface area (Å²) in [5, 5.41) is 4.72. The standard InChI is InChI=1S/C25H23N5O3/c1-2-6-21(31)29-14-13-19-20(15-29)30-25(27-19)22(24(26)32)23(28-30)16-9-11-18(12-10-16)33-17-7-4-3-5-8-17/h2-12,27H,13-15H2,1H3,(H2,26,32). The van der Waals surface area contributed by atoms with Gasteiger partial charge in [-0.05, 0) is 49.4 Å². The van der Waals surface area contributed by atoms with E-state index in [-0.39, 0.29) is 5.91 Å². The Hall–Kier alpha value is -4.33. The quantitative estimate of drug-likeness (QED) is 0.461. The molecule has 3 heterocycles. The number of nitrogens with zero attached hydrogens (tertiary/aromatic N) is 3. The molecule has 3 N–H and O–H groups in total. The number of nitrogens with one attached hydrogen (secondary N) is 1. The topological polar surface area (TPSA) is 106 Å². The van der Waals surface area contributed by atoms with E-state index >= 15 is 0 Å². The van der Waals surface area contributed by atoms with Crippen LogP contribution in [0.3, 0.4) is 0 Å². The fourth-order valence-electron chi connectivity index (χ4n) is 4.12. The van der Waals surface area contributed by atoms with Crippen molar-refractivity contribution in [2.24, 2.45) is 5.73 Å². The Labute approximate surface area is 190 Å². The number of H-pyrrole nitrogens is 1. The smallest absolute Gasteiger partial charge is 0.254 e. The Morgan fingerprint density at radius 3 is 2.52 bits per heavy atom. The van der Waals surface area contributed by atoms with Crippen LogP contribution in [0.2, 0.25) is 0 Å². The molecule has 0 fully saturated rings. The normalized spacial score (nSPS) is 13.4. The minimum absolute atomic E-state index is 0.0472. The van der Waals surface area contributed by atoms with E-state index in [4.69, 9.17) is 15.6 Å². The van der Waals surface area contributed by atoms with Gasteiger partial charge in [-0.1, -0.05) is 24.3 Å². The fraction of sp³-hybridized carbons (Fsp3) is 0.160. The van der Waals surface area contributed by atoms with Gasteiger partial charge in [0.05, 0.1) is 12.2 Å². The van der Waals surface area contributed by atoms with Gasteiger partial charge in [0.15, 0.2) is 0 Å². The first kappa shape index (κ1) is 20.6. The summed E-state index contributed by atoms with van der Waals surface area (Å²) in [4.78, 5) is 29.8. The van der Waals surface area contributed by atoms with E-state index in [1.807, 2.05) is 61.5 Å². The molecule has 2 aromatic carbocycles. The zero-order valence-corrected chi connectivity index (χ0v) is 18.1. The molecule has 5 rings (SSSR count). The number of nitrogens with two attached hydrogens (primary N) is 1. The molecule has 2 amide bonds. The molecule has 0 saturated heterocycles. The molecule has 166 valence electrons. The Morgan fingerprint density at radius 1 is 1.09 bits per heavy atom. The zero-order valence-electron chi connectivity index (χ0n) is 18.1. The number of carbonyl (C=O) groups excluding carboxylic acids is 2. The van der Waals surface area contributed by atoms with Gasteiger partial charge in [0.2, 0.25) is 5.91 Å². The van der Waals surface area contributed by atoms with Crippen molar-refractivity contribution in [1.29, 1.82) is 0 Å². The van der Waals surface area contributed by atoms with Crippen molar-refractivity contribution in [3.8, 4) is 22.8 Å². The molecule has 4 aromatic rings. The minimum atomic E-state index is -0.565. The lowest BCUT2D eigenvalue weighted by molar-refractivity contribution is -0.127. The largest absolute Gasteiger partial charge is 0.457 e. The number of amides is 2. The summed E-state index contributed by atoms with van der Waals surface area (Å²) in [6, 6.07) is 16.8. The van der Waals surface area contributed by atoms with E-state index in [9.17, 15) is 9.59 Å². The number of aromatic amines is 1. The second-order valence-corrected chi connectivity index (χ2v) is 7.85. The van der Waals surface area contributed by atoms with Crippen LogP contribution < -0.4 is 10.5 Å². The maximum Gasteiger partial charge on any atom is 0.254 e. The lowest BCUT2D eigenvalue weighted by atomic mass is 10.1. The van der Waals surface area contributed by atoms with Gasteiger partial charge in [-0.25, -0.2) is 4.52 Å². The molecule has 0 bridgehead atoms. The molecule has 33 heavy (non-hydrogen) atoms. The summed E-state index contributed by atoms with van der Waals surface area (Å²) in [6.45, 7) is 2.82. The van der Waals surface area contributed by atoms with Crippen LogP contribution in [0.15, 0.2) is 66.7 Å². The molecule has 0 saturated carbocycles. The van der Waals surface area contributed by atoms with Gasteiger partial charge in [0.1, 0.15) is 28.4 Å². The fourth-order valence-corrected chi connectivity index (χ4v) is 4.12. The first-order valence-electron chi connectivity index (χ1n) is 10.7. The molecule has 8 nitrogen and oxygen atoms in total. The molecule has 8 heteroatoms. The molecule has 0 radical (unpaired) electrons. The number of benzene rings is 2. The number of rotatable bonds is 5. The van der Waals surface area contributed by atoms with Crippen molar-refractivity contribution in [3.05, 3.63) is 83.7 Å². The van der Waals surface area contributed by atoms with Crippen LogP contribution in [0.5, 0.6) is 11.5 Å². The Kier molecular flexibility index (Phi) is 5.18. The number of allylic oxidation sites excluding steroid dienone is 1. The van der Waals surface area contributed by atoms with Crippen molar-refractivity contribution >= 4 is 17.5 Å². The Bertz CT molecular complexity index is 1370. The van der Waals surface area contributed by atoms with Crippen LogP contribution in [0, 0.1) is 0 Å². The highest BCUT2D eigenvalue weighted by molar-refractivity contribution is 6.04. The lowest BCUT2D eigenvalue weighted by Crippen LogP contribution is -2.35. The van der Waals surface area contributed by atoms with Gasteiger partial charge in [-0.2, -0.15) is 5.10 Å². The maximum atomic E-state index is 12.4. The number of hydrogen-bond acceptors (Lipinski definition) is 4. The highest BCUT2D eigenvalue weighted by atomic mass is 16.5. The van der Waals surface area contributed by atoms with Gasteiger partial charge in [0.25, 0.3) is 5.91 Å². The van der Waals surface area contributed by atoms with Gasteiger partial charge in [-0.3, -0.25) is 9.59 Å². The van der Waals surface area contributed by atoms with Crippen LogP contribution in [0.25, 0.3) is 16.9 Å². The van der Waals surface area contributed by atoms with Crippen molar-refractivity contribution in [1.82, 2.24) is 19.5 Å². The van der Waals surface area contributed by atoms with Crippen molar-refractivity contribution in [2.45, 2.75) is 19.9 Å².